The second-order valence-corrected chi connectivity index (χ2v) is 3.63. The Morgan fingerprint density at radius 3 is 2.44 bits per heavy atom. The van der Waals surface area contributed by atoms with Crippen LogP contribution in [0.1, 0.15) is 11.4 Å². The third kappa shape index (κ3) is 2.35. The van der Waals surface area contributed by atoms with Gasteiger partial charge in [0.2, 0.25) is 0 Å². The third-order valence-electron chi connectivity index (χ3n) is 2.55. The van der Waals surface area contributed by atoms with E-state index in [9.17, 15) is 5.11 Å². The first-order valence-corrected chi connectivity index (χ1v) is 5.53. The number of rotatable bonds is 5. The van der Waals surface area contributed by atoms with Crippen LogP contribution in [0.5, 0.6) is 11.8 Å². The number of nitrogens with two attached hydrogens (primary N) is 1. The van der Waals surface area contributed by atoms with Crippen molar-refractivity contribution in [3.8, 4) is 11.8 Å². The molecule has 2 rings (SSSR count). The molecule has 4 N–H and O–H groups in total. The number of aliphatic hydroxyl groups is 2. The van der Waals surface area contributed by atoms with Crippen molar-refractivity contribution in [2.24, 2.45) is 5.73 Å². The molecule has 0 amide bonds. The maximum atomic E-state index is 9.26. The monoisotopic (exact) mass is 249 g/mol. The van der Waals surface area contributed by atoms with Crippen LogP contribution in [0.15, 0.2) is 30.3 Å². The summed E-state index contributed by atoms with van der Waals surface area (Å²) in [5, 5.41) is 18.4. The first-order chi connectivity index (χ1) is 8.80. The van der Waals surface area contributed by atoms with Crippen LogP contribution < -0.4 is 10.5 Å². The average molecular weight is 249 g/mol. The highest BCUT2D eigenvalue weighted by atomic mass is 16.5. The van der Waals surface area contributed by atoms with Crippen LogP contribution in [0.4, 0.5) is 0 Å². The molecule has 1 aromatic heterocycles. The largest absolute Gasteiger partial charge is 0.425 e. The zero-order valence-electron chi connectivity index (χ0n) is 9.78. The minimum Gasteiger partial charge on any atom is -0.425 e. The number of ether oxygens (including phenoxy) is 1. The van der Waals surface area contributed by atoms with Crippen molar-refractivity contribution in [2.75, 3.05) is 0 Å². The van der Waals surface area contributed by atoms with Crippen molar-refractivity contribution in [2.45, 2.75) is 19.9 Å². The Hall–Kier alpha value is -1.89. The molecule has 0 spiro atoms. The van der Waals surface area contributed by atoms with E-state index < -0.39 is 0 Å². The molecule has 6 nitrogen and oxygen atoms in total. The minimum absolute atomic E-state index is 0.116. The van der Waals surface area contributed by atoms with Crippen LogP contribution in [0.3, 0.4) is 0 Å². The van der Waals surface area contributed by atoms with Crippen molar-refractivity contribution in [3.05, 3.63) is 41.7 Å². The summed E-state index contributed by atoms with van der Waals surface area (Å²) in [7, 11) is 0. The topological polar surface area (TPSA) is 93.5 Å². The number of hydrogen-bond acceptors (Lipinski definition) is 5. The molecule has 1 aromatic carbocycles. The van der Waals surface area contributed by atoms with Gasteiger partial charge in [0.1, 0.15) is 5.75 Å². The van der Waals surface area contributed by atoms with Gasteiger partial charge in [-0.15, -0.1) is 0 Å². The Labute approximate surface area is 104 Å². The fraction of sp³-hybridized carbons (Fsp3) is 0.250. The molecule has 0 aliphatic heterocycles. The molecule has 0 aliphatic rings. The van der Waals surface area contributed by atoms with E-state index in [1.54, 1.807) is 12.1 Å². The maximum absolute atomic E-state index is 9.26. The lowest BCUT2D eigenvalue weighted by atomic mass is 10.3. The zero-order valence-corrected chi connectivity index (χ0v) is 9.78. The molecule has 96 valence electrons. The molecule has 18 heavy (non-hydrogen) atoms. The van der Waals surface area contributed by atoms with Crippen LogP contribution in [0.25, 0.3) is 0 Å². The quantitative estimate of drug-likeness (QED) is 0.720. The second-order valence-electron chi connectivity index (χ2n) is 3.63. The fourth-order valence-corrected chi connectivity index (χ4v) is 1.67. The Morgan fingerprint density at radius 1 is 1.17 bits per heavy atom. The SMILES string of the molecule is NCn1c(Oc2ccccc2)nc(CO)c1CO. The average Bonchev–Trinajstić information content (AvgIpc) is 2.76. The predicted octanol–water partition coefficient (Wildman–Crippen LogP) is 0.576. The van der Waals surface area contributed by atoms with Crippen LogP contribution in [0, 0.1) is 0 Å². The van der Waals surface area contributed by atoms with Crippen molar-refractivity contribution >= 4 is 0 Å². The normalized spacial score (nSPS) is 10.6. The molecular formula is C12H15N3O3. The number of benzene rings is 1. The van der Waals surface area contributed by atoms with E-state index in [4.69, 9.17) is 15.6 Å². The van der Waals surface area contributed by atoms with Gasteiger partial charge in [-0.1, -0.05) is 18.2 Å². The van der Waals surface area contributed by atoms with Gasteiger partial charge in [0, 0.05) is 0 Å². The van der Waals surface area contributed by atoms with Crippen LogP contribution in [-0.2, 0) is 19.9 Å². The van der Waals surface area contributed by atoms with Gasteiger partial charge >= 0.3 is 6.01 Å². The van der Waals surface area contributed by atoms with Gasteiger partial charge in [-0.2, -0.15) is 4.98 Å². The summed E-state index contributed by atoms with van der Waals surface area (Å²) in [5.74, 6) is 0.617. The summed E-state index contributed by atoms with van der Waals surface area (Å²) in [5.41, 5.74) is 6.43. The lowest BCUT2D eigenvalue weighted by Crippen LogP contribution is -2.12. The molecule has 0 saturated heterocycles. The summed E-state index contributed by atoms with van der Waals surface area (Å²) < 4.78 is 7.10. The summed E-state index contributed by atoms with van der Waals surface area (Å²) >= 11 is 0. The lowest BCUT2D eigenvalue weighted by Gasteiger charge is -2.08. The minimum atomic E-state index is -0.270. The number of para-hydroxylation sites is 1. The number of aromatic nitrogens is 2. The Morgan fingerprint density at radius 2 is 1.89 bits per heavy atom. The first-order valence-electron chi connectivity index (χ1n) is 5.53. The van der Waals surface area contributed by atoms with E-state index >= 15 is 0 Å². The summed E-state index contributed by atoms with van der Waals surface area (Å²) in [6.45, 7) is -0.405. The van der Waals surface area contributed by atoms with Gasteiger partial charge in [-0.3, -0.25) is 4.57 Å². The van der Waals surface area contributed by atoms with Crippen molar-refractivity contribution in [1.82, 2.24) is 9.55 Å². The van der Waals surface area contributed by atoms with E-state index in [-0.39, 0.29) is 25.9 Å². The highest BCUT2D eigenvalue weighted by Gasteiger charge is 2.16. The van der Waals surface area contributed by atoms with Gasteiger partial charge in [0.15, 0.2) is 0 Å². The highest BCUT2D eigenvalue weighted by Crippen LogP contribution is 2.23. The number of aliphatic hydroxyl groups excluding tert-OH is 2. The van der Waals surface area contributed by atoms with Crippen molar-refractivity contribution in [1.29, 1.82) is 0 Å². The molecule has 0 saturated carbocycles. The Balaban J connectivity index is 2.35. The van der Waals surface area contributed by atoms with E-state index in [0.717, 1.165) is 0 Å². The van der Waals surface area contributed by atoms with Crippen LogP contribution in [0.2, 0.25) is 0 Å². The smallest absolute Gasteiger partial charge is 0.303 e. The first kappa shape index (κ1) is 12.6. The molecule has 6 heteroatoms. The third-order valence-corrected chi connectivity index (χ3v) is 2.55. The highest BCUT2D eigenvalue weighted by molar-refractivity contribution is 5.27. The van der Waals surface area contributed by atoms with Gasteiger partial charge in [-0.05, 0) is 12.1 Å². The Kier molecular flexibility index (Phi) is 3.93. The van der Waals surface area contributed by atoms with E-state index in [1.165, 1.54) is 4.57 Å². The number of hydrogen-bond donors (Lipinski definition) is 3. The molecular weight excluding hydrogens is 234 g/mol. The predicted molar refractivity (Wildman–Crippen MR) is 64.8 cm³/mol. The van der Waals surface area contributed by atoms with Gasteiger partial charge < -0.3 is 20.7 Å². The van der Waals surface area contributed by atoms with E-state index in [2.05, 4.69) is 4.98 Å². The summed E-state index contributed by atoms with van der Waals surface area (Å²) in [4.78, 5) is 4.12. The van der Waals surface area contributed by atoms with Crippen LogP contribution in [-0.4, -0.2) is 19.8 Å². The number of imidazole rings is 1. The maximum Gasteiger partial charge on any atom is 0.303 e. The van der Waals surface area contributed by atoms with Gasteiger partial charge in [0.05, 0.1) is 31.3 Å². The lowest BCUT2D eigenvalue weighted by molar-refractivity contribution is 0.250. The molecule has 0 aliphatic carbocycles. The van der Waals surface area contributed by atoms with E-state index in [1.807, 2.05) is 18.2 Å². The van der Waals surface area contributed by atoms with Gasteiger partial charge in [0.25, 0.3) is 0 Å². The summed E-state index contributed by atoms with van der Waals surface area (Å²) in [6.07, 6.45) is 0. The molecule has 0 fully saturated rings. The van der Waals surface area contributed by atoms with Crippen molar-refractivity contribution < 1.29 is 14.9 Å². The second kappa shape index (κ2) is 5.63. The molecule has 0 unspecified atom stereocenters. The molecule has 2 aromatic rings. The van der Waals surface area contributed by atoms with E-state index in [0.29, 0.717) is 17.1 Å². The molecule has 0 radical (unpaired) electrons. The van der Waals surface area contributed by atoms with Gasteiger partial charge in [-0.25, -0.2) is 0 Å². The number of nitrogens with zero attached hydrogens (tertiary/aromatic N) is 2. The molecule has 0 bridgehead atoms. The molecule has 1 heterocycles. The standard InChI is InChI=1S/C12H15N3O3/c13-8-15-11(7-17)10(6-16)14-12(15)18-9-4-2-1-3-5-9/h1-5,16-17H,6-8,13H2. The zero-order chi connectivity index (χ0) is 13.0. The van der Waals surface area contributed by atoms with Crippen LogP contribution >= 0.6 is 0 Å². The Bertz CT molecular complexity index is 511. The fourth-order valence-electron chi connectivity index (χ4n) is 1.67. The van der Waals surface area contributed by atoms with Crippen molar-refractivity contribution in [3.63, 3.8) is 0 Å². The molecule has 0 atom stereocenters. The summed E-state index contributed by atoms with van der Waals surface area (Å²) in [6, 6.07) is 9.38.